The highest BCUT2D eigenvalue weighted by Crippen LogP contribution is 2.43. The van der Waals surface area contributed by atoms with Gasteiger partial charge in [0.25, 0.3) is 0 Å². The van der Waals surface area contributed by atoms with E-state index in [-0.39, 0.29) is 0 Å². The van der Waals surface area contributed by atoms with Crippen molar-refractivity contribution in [3.8, 4) is 16.8 Å². The van der Waals surface area contributed by atoms with Crippen molar-refractivity contribution >= 4 is 64.9 Å². The fraction of sp³-hybridized carbons (Fsp3) is 0. The molecular weight excluding hydrogens is 494 g/mol. The quantitative estimate of drug-likeness (QED) is 0.200. The number of hydrogen-bond acceptors (Lipinski definition) is 0. The van der Waals surface area contributed by atoms with Gasteiger partial charge in [-0.1, -0.05) is 121 Å². The summed E-state index contributed by atoms with van der Waals surface area (Å²) in [5.41, 5.74) is 6.13. The molecule has 0 bridgehead atoms. The summed E-state index contributed by atoms with van der Waals surface area (Å²) in [5.74, 6) is 0. The highest BCUT2D eigenvalue weighted by Gasteiger charge is 2.16. The number of para-hydroxylation sites is 2. The molecule has 0 aliphatic carbocycles. The molecule has 0 saturated heterocycles. The van der Waals surface area contributed by atoms with E-state index in [0.29, 0.717) is 0 Å². The van der Waals surface area contributed by atoms with Gasteiger partial charge in [-0.2, -0.15) is 0 Å². The third kappa shape index (κ3) is 3.18. The Balaban J connectivity index is 1.32. The number of aromatic nitrogens is 1. The standard InChI is InChI=1S/C40H25N/c1-2-13-30-28(11-1)29-12-3-5-17-34(29)40-35-18-6-4-14-31(35)36(25-37(30)40)26-21-23-27(24-22-26)41-38-19-9-7-15-32(38)33-16-8-10-20-39(33)41/h1-25H. The van der Waals surface area contributed by atoms with Crippen LogP contribution in [0.2, 0.25) is 0 Å². The van der Waals surface area contributed by atoms with Crippen molar-refractivity contribution in [3.05, 3.63) is 152 Å². The van der Waals surface area contributed by atoms with Crippen molar-refractivity contribution in [3.63, 3.8) is 0 Å². The van der Waals surface area contributed by atoms with Crippen LogP contribution in [0.15, 0.2) is 152 Å². The number of nitrogens with zero attached hydrogens (tertiary/aromatic N) is 1. The van der Waals surface area contributed by atoms with Crippen LogP contribution in [-0.2, 0) is 0 Å². The molecule has 8 aromatic carbocycles. The maximum atomic E-state index is 2.42. The average molecular weight is 520 g/mol. The Morgan fingerprint density at radius 1 is 0.317 bits per heavy atom. The van der Waals surface area contributed by atoms with Gasteiger partial charge in [-0.25, -0.2) is 0 Å². The lowest BCUT2D eigenvalue weighted by Gasteiger charge is -2.16. The molecule has 0 radical (unpaired) electrons. The molecule has 0 atom stereocenters. The molecule has 190 valence electrons. The van der Waals surface area contributed by atoms with Crippen LogP contribution in [0.1, 0.15) is 0 Å². The lowest BCUT2D eigenvalue weighted by Crippen LogP contribution is -1.94. The van der Waals surface area contributed by atoms with E-state index in [4.69, 9.17) is 0 Å². The Labute approximate surface area is 237 Å². The van der Waals surface area contributed by atoms with E-state index in [1.54, 1.807) is 0 Å². The lowest BCUT2D eigenvalue weighted by atomic mass is 9.87. The molecular formula is C40H25N. The molecule has 1 heteroatoms. The fourth-order valence-corrected chi connectivity index (χ4v) is 7.00. The molecule has 41 heavy (non-hydrogen) atoms. The molecule has 1 nitrogen and oxygen atoms in total. The second-order valence-corrected chi connectivity index (χ2v) is 10.9. The van der Waals surface area contributed by atoms with Crippen molar-refractivity contribution in [1.29, 1.82) is 0 Å². The van der Waals surface area contributed by atoms with E-state index >= 15 is 0 Å². The Kier molecular flexibility index (Phi) is 4.67. The Hall–Kier alpha value is -5.40. The Bertz CT molecular complexity index is 2410. The molecule has 1 aromatic heterocycles. The van der Waals surface area contributed by atoms with Gasteiger partial charge in [-0.05, 0) is 84.5 Å². The first-order chi connectivity index (χ1) is 20.4. The smallest absolute Gasteiger partial charge is 0.0541 e. The number of benzene rings is 8. The Morgan fingerprint density at radius 3 is 1.32 bits per heavy atom. The minimum absolute atomic E-state index is 1.17. The summed E-state index contributed by atoms with van der Waals surface area (Å²) in [6.45, 7) is 0. The number of fused-ring (bicyclic) bond motifs is 11. The summed E-state index contributed by atoms with van der Waals surface area (Å²) in [4.78, 5) is 0. The number of rotatable bonds is 2. The van der Waals surface area contributed by atoms with E-state index in [1.807, 2.05) is 0 Å². The summed E-state index contributed by atoms with van der Waals surface area (Å²) in [6.07, 6.45) is 0. The predicted molar refractivity (Wildman–Crippen MR) is 176 cm³/mol. The third-order valence-electron chi connectivity index (χ3n) is 8.76. The molecule has 0 spiro atoms. The predicted octanol–water partition coefficient (Wildman–Crippen LogP) is 11.1. The SMILES string of the molecule is c1ccc2c(c1)c(-c1ccc(-n3c4ccccc4c4ccccc43)cc1)cc1c3ccccc3c3ccccc3c21. The lowest BCUT2D eigenvalue weighted by molar-refractivity contribution is 1.18. The van der Waals surface area contributed by atoms with Gasteiger partial charge in [-0.15, -0.1) is 0 Å². The first-order valence-electron chi connectivity index (χ1n) is 14.2. The van der Waals surface area contributed by atoms with Crippen LogP contribution in [0.25, 0.3) is 81.7 Å². The molecule has 0 amide bonds. The highest BCUT2D eigenvalue weighted by molar-refractivity contribution is 6.33. The molecule has 0 N–H and O–H groups in total. The minimum atomic E-state index is 1.17. The van der Waals surface area contributed by atoms with Gasteiger partial charge in [-0.3, -0.25) is 0 Å². The average Bonchev–Trinajstić information content (AvgIpc) is 3.39. The molecule has 0 aliphatic heterocycles. The first-order valence-corrected chi connectivity index (χ1v) is 14.2. The summed E-state index contributed by atoms with van der Waals surface area (Å²) in [6, 6.07) is 55.5. The molecule has 0 fully saturated rings. The van der Waals surface area contributed by atoms with Crippen LogP contribution in [-0.4, -0.2) is 4.57 Å². The first kappa shape index (κ1) is 22.4. The fourth-order valence-electron chi connectivity index (χ4n) is 7.00. The van der Waals surface area contributed by atoms with E-state index in [0.717, 1.165) is 0 Å². The highest BCUT2D eigenvalue weighted by atomic mass is 15.0. The zero-order valence-corrected chi connectivity index (χ0v) is 22.4. The van der Waals surface area contributed by atoms with Crippen LogP contribution >= 0.6 is 0 Å². The molecule has 0 saturated carbocycles. The molecule has 9 rings (SSSR count). The maximum absolute atomic E-state index is 2.42. The summed E-state index contributed by atoms with van der Waals surface area (Å²) in [5, 5.41) is 13.0. The second-order valence-electron chi connectivity index (χ2n) is 10.9. The zero-order valence-electron chi connectivity index (χ0n) is 22.4. The van der Waals surface area contributed by atoms with Gasteiger partial charge in [0.1, 0.15) is 0 Å². The Morgan fingerprint density at radius 2 is 0.732 bits per heavy atom. The third-order valence-corrected chi connectivity index (χ3v) is 8.76. The van der Waals surface area contributed by atoms with Crippen molar-refractivity contribution in [1.82, 2.24) is 4.57 Å². The number of hydrogen-bond donors (Lipinski definition) is 0. The summed E-state index contributed by atoms with van der Waals surface area (Å²) >= 11 is 0. The normalized spacial score (nSPS) is 11.9. The topological polar surface area (TPSA) is 4.93 Å². The van der Waals surface area contributed by atoms with Crippen LogP contribution < -0.4 is 0 Å². The van der Waals surface area contributed by atoms with Gasteiger partial charge in [0.2, 0.25) is 0 Å². The molecule has 0 unspecified atom stereocenters. The van der Waals surface area contributed by atoms with E-state index in [2.05, 4.69) is 156 Å². The van der Waals surface area contributed by atoms with E-state index in [9.17, 15) is 0 Å². The van der Waals surface area contributed by atoms with E-state index < -0.39 is 0 Å². The van der Waals surface area contributed by atoms with Crippen molar-refractivity contribution in [2.45, 2.75) is 0 Å². The van der Waals surface area contributed by atoms with Gasteiger partial charge in [0.05, 0.1) is 11.0 Å². The van der Waals surface area contributed by atoms with Gasteiger partial charge in [0, 0.05) is 16.5 Å². The van der Waals surface area contributed by atoms with Crippen molar-refractivity contribution in [2.24, 2.45) is 0 Å². The van der Waals surface area contributed by atoms with Crippen LogP contribution in [0.3, 0.4) is 0 Å². The van der Waals surface area contributed by atoms with Crippen LogP contribution in [0.4, 0.5) is 0 Å². The van der Waals surface area contributed by atoms with Gasteiger partial charge >= 0.3 is 0 Å². The largest absolute Gasteiger partial charge is 0.309 e. The molecule has 1 heterocycles. The van der Waals surface area contributed by atoms with Gasteiger partial charge in [0.15, 0.2) is 0 Å². The van der Waals surface area contributed by atoms with Crippen molar-refractivity contribution < 1.29 is 0 Å². The van der Waals surface area contributed by atoms with Crippen LogP contribution in [0, 0.1) is 0 Å². The summed E-state index contributed by atoms with van der Waals surface area (Å²) in [7, 11) is 0. The van der Waals surface area contributed by atoms with Gasteiger partial charge < -0.3 is 4.57 Å². The van der Waals surface area contributed by atoms with E-state index in [1.165, 1.54) is 81.7 Å². The second kappa shape index (κ2) is 8.55. The molecule has 9 aromatic rings. The van der Waals surface area contributed by atoms with Crippen molar-refractivity contribution in [2.75, 3.05) is 0 Å². The summed E-state index contributed by atoms with van der Waals surface area (Å²) < 4.78 is 2.38. The van der Waals surface area contributed by atoms with Crippen LogP contribution in [0.5, 0.6) is 0 Å². The maximum Gasteiger partial charge on any atom is 0.0541 e. The molecule has 0 aliphatic rings. The minimum Gasteiger partial charge on any atom is -0.309 e. The monoisotopic (exact) mass is 519 g/mol. The zero-order chi connectivity index (χ0) is 26.9.